The van der Waals surface area contributed by atoms with E-state index in [1.807, 2.05) is 19.2 Å². The Labute approximate surface area is 117 Å². The van der Waals surface area contributed by atoms with Crippen LogP contribution in [-0.2, 0) is 0 Å². The topological polar surface area (TPSA) is 12.0 Å². The number of hydrogen-bond acceptors (Lipinski definition) is 1. The quantitative estimate of drug-likeness (QED) is 0.829. The van der Waals surface area contributed by atoms with Gasteiger partial charge in [-0.1, -0.05) is 53.2 Å². The summed E-state index contributed by atoms with van der Waals surface area (Å²) in [6, 6.07) is 6.48. The van der Waals surface area contributed by atoms with Crippen LogP contribution in [0, 0.1) is 5.92 Å². The highest BCUT2D eigenvalue weighted by Crippen LogP contribution is 2.35. The third kappa shape index (κ3) is 3.46. The van der Waals surface area contributed by atoms with Crippen LogP contribution in [0.1, 0.15) is 43.7 Å². The van der Waals surface area contributed by atoms with Crippen molar-refractivity contribution in [2.24, 2.45) is 5.92 Å². The maximum atomic E-state index is 6.29. The number of rotatable bonds is 4. The molecule has 1 aromatic carbocycles. The lowest BCUT2D eigenvalue weighted by Gasteiger charge is -2.21. The summed E-state index contributed by atoms with van der Waals surface area (Å²) in [5.74, 6) is 0.863. The molecule has 1 unspecified atom stereocenters. The largest absolute Gasteiger partial charge is 0.313 e. The molecule has 17 heavy (non-hydrogen) atoms. The maximum Gasteiger partial charge on any atom is 0.0454 e. The Balaban J connectivity index is 2.13. The Morgan fingerprint density at radius 3 is 2.76 bits per heavy atom. The van der Waals surface area contributed by atoms with Crippen molar-refractivity contribution in [2.45, 2.75) is 38.1 Å². The summed E-state index contributed by atoms with van der Waals surface area (Å²) in [5, 5.41) is 4.27. The van der Waals surface area contributed by atoms with E-state index in [1.165, 1.54) is 37.7 Å². The average molecular weight is 317 g/mol. The van der Waals surface area contributed by atoms with Crippen LogP contribution in [-0.4, -0.2) is 7.05 Å². The summed E-state index contributed by atoms with van der Waals surface area (Å²) >= 11 is 9.81. The first-order valence-electron chi connectivity index (χ1n) is 6.33. The van der Waals surface area contributed by atoms with Gasteiger partial charge in [-0.25, -0.2) is 0 Å². The van der Waals surface area contributed by atoms with Crippen molar-refractivity contribution >= 4 is 27.5 Å². The van der Waals surface area contributed by atoms with Gasteiger partial charge in [-0.2, -0.15) is 0 Å². The zero-order valence-electron chi connectivity index (χ0n) is 10.2. The van der Waals surface area contributed by atoms with Crippen LogP contribution >= 0.6 is 27.5 Å². The lowest BCUT2D eigenvalue weighted by Crippen LogP contribution is -2.19. The van der Waals surface area contributed by atoms with E-state index < -0.39 is 0 Å². The van der Waals surface area contributed by atoms with Crippen molar-refractivity contribution in [1.82, 2.24) is 5.32 Å². The second-order valence-electron chi connectivity index (χ2n) is 4.89. The van der Waals surface area contributed by atoms with Gasteiger partial charge in [0.05, 0.1) is 0 Å². The van der Waals surface area contributed by atoms with Gasteiger partial charge in [0, 0.05) is 15.5 Å². The smallest absolute Gasteiger partial charge is 0.0454 e. The standard InChI is InChI=1S/C14H19BrClN/c1-17-14(8-10-4-2-3-5-10)12-9-11(15)6-7-13(12)16/h6-7,9-10,14,17H,2-5,8H2,1H3. The molecule has 94 valence electrons. The molecule has 1 aliphatic rings. The molecule has 1 nitrogen and oxygen atoms in total. The second-order valence-corrected chi connectivity index (χ2v) is 6.22. The molecule has 1 aromatic rings. The van der Waals surface area contributed by atoms with Crippen LogP contribution in [0.3, 0.4) is 0 Å². The minimum Gasteiger partial charge on any atom is -0.313 e. The van der Waals surface area contributed by atoms with Crippen LogP contribution in [0.25, 0.3) is 0 Å². The Morgan fingerprint density at radius 1 is 1.41 bits per heavy atom. The monoisotopic (exact) mass is 315 g/mol. The lowest BCUT2D eigenvalue weighted by atomic mass is 9.94. The highest BCUT2D eigenvalue weighted by Gasteiger charge is 2.21. The molecule has 1 aliphatic carbocycles. The van der Waals surface area contributed by atoms with Crippen molar-refractivity contribution in [3.63, 3.8) is 0 Å². The van der Waals surface area contributed by atoms with Gasteiger partial charge in [0.15, 0.2) is 0 Å². The van der Waals surface area contributed by atoms with E-state index in [9.17, 15) is 0 Å². The number of halogens is 2. The number of nitrogens with one attached hydrogen (secondary N) is 1. The molecule has 2 rings (SSSR count). The highest BCUT2D eigenvalue weighted by atomic mass is 79.9. The third-order valence-corrected chi connectivity index (χ3v) is 4.56. The molecule has 0 saturated heterocycles. The number of hydrogen-bond donors (Lipinski definition) is 1. The molecule has 1 fully saturated rings. The van der Waals surface area contributed by atoms with Gasteiger partial charge in [-0.3, -0.25) is 0 Å². The first kappa shape index (κ1) is 13.4. The van der Waals surface area contributed by atoms with Gasteiger partial charge in [0.25, 0.3) is 0 Å². The van der Waals surface area contributed by atoms with Gasteiger partial charge in [-0.15, -0.1) is 0 Å². The molecule has 0 amide bonds. The normalized spacial score (nSPS) is 18.5. The first-order chi connectivity index (χ1) is 8.20. The highest BCUT2D eigenvalue weighted by molar-refractivity contribution is 9.10. The second kappa shape index (κ2) is 6.21. The summed E-state index contributed by atoms with van der Waals surface area (Å²) in [6.45, 7) is 0. The van der Waals surface area contributed by atoms with Crippen molar-refractivity contribution in [3.05, 3.63) is 33.3 Å². The minimum absolute atomic E-state index is 0.378. The van der Waals surface area contributed by atoms with Gasteiger partial charge in [0.2, 0.25) is 0 Å². The summed E-state index contributed by atoms with van der Waals surface area (Å²) in [5.41, 5.74) is 1.22. The molecular weight excluding hydrogens is 298 g/mol. The Kier molecular flexibility index (Phi) is 4.89. The van der Waals surface area contributed by atoms with Crippen molar-refractivity contribution in [1.29, 1.82) is 0 Å². The SMILES string of the molecule is CNC(CC1CCCC1)c1cc(Br)ccc1Cl. The predicted octanol–water partition coefficient (Wildman–Crippen LogP) is 4.94. The molecule has 0 aromatic heterocycles. The molecule has 0 bridgehead atoms. The number of benzene rings is 1. The zero-order chi connectivity index (χ0) is 12.3. The van der Waals surface area contributed by atoms with Gasteiger partial charge >= 0.3 is 0 Å². The van der Waals surface area contributed by atoms with E-state index in [2.05, 4.69) is 27.3 Å². The van der Waals surface area contributed by atoms with E-state index in [0.717, 1.165) is 15.4 Å². The van der Waals surface area contributed by atoms with E-state index in [-0.39, 0.29) is 0 Å². The molecule has 1 N–H and O–H groups in total. The minimum atomic E-state index is 0.378. The van der Waals surface area contributed by atoms with Crippen LogP contribution in [0.15, 0.2) is 22.7 Å². The van der Waals surface area contributed by atoms with Crippen LogP contribution < -0.4 is 5.32 Å². The van der Waals surface area contributed by atoms with Crippen LogP contribution in [0.4, 0.5) is 0 Å². The van der Waals surface area contributed by atoms with Crippen molar-refractivity contribution in [2.75, 3.05) is 7.05 Å². The summed E-state index contributed by atoms with van der Waals surface area (Å²) in [7, 11) is 2.02. The van der Waals surface area contributed by atoms with Crippen molar-refractivity contribution < 1.29 is 0 Å². The molecule has 1 saturated carbocycles. The predicted molar refractivity (Wildman–Crippen MR) is 77.5 cm³/mol. The Morgan fingerprint density at radius 2 is 2.12 bits per heavy atom. The fourth-order valence-electron chi connectivity index (χ4n) is 2.76. The molecular formula is C14H19BrClN. The summed E-state index contributed by atoms with van der Waals surface area (Å²) in [4.78, 5) is 0. The molecule has 0 radical (unpaired) electrons. The van der Waals surface area contributed by atoms with E-state index in [0.29, 0.717) is 6.04 Å². The summed E-state index contributed by atoms with van der Waals surface area (Å²) in [6.07, 6.45) is 6.75. The molecule has 0 heterocycles. The lowest BCUT2D eigenvalue weighted by molar-refractivity contribution is 0.413. The Bertz CT molecular complexity index is 374. The zero-order valence-corrected chi connectivity index (χ0v) is 12.5. The molecule has 0 spiro atoms. The Hall–Kier alpha value is -0.0500. The fraction of sp³-hybridized carbons (Fsp3) is 0.571. The first-order valence-corrected chi connectivity index (χ1v) is 7.50. The van der Waals surface area contributed by atoms with Crippen molar-refractivity contribution in [3.8, 4) is 0 Å². The van der Waals surface area contributed by atoms with Gasteiger partial charge in [-0.05, 0) is 43.1 Å². The van der Waals surface area contributed by atoms with Crippen LogP contribution in [0.5, 0.6) is 0 Å². The molecule has 3 heteroatoms. The molecule has 1 atom stereocenters. The third-order valence-electron chi connectivity index (χ3n) is 3.73. The molecule has 0 aliphatic heterocycles. The van der Waals surface area contributed by atoms with E-state index in [4.69, 9.17) is 11.6 Å². The van der Waals surface area contributed by atoms with Gasteiger partial charge in [0.1, 0.15) is 0 Å². The van der Waals surface area contributed by atoms with E-state index >= 15 is 0 Å². The maximum absolute atomic E-state index is 6.29. The summed E-state index contributed by atoms with van der Waals surface area (Å²) < 4.78 is 1.10. The van der Waals surface area contributed by atoms with E-state index in [1.54, 1.807) is 0 Å². The van der Waals surface area contributed by atoms with Crippen LogP contribution in [0.2, 0.25) is 5.02 Å². The van der Waals surface area contributed by atoms with Gasteiger partial charge < -0.3 is 5.32 Å². The fourth-order valence-corrected chi connectivity index (χ4v) is 3.39. The average Bonchev–Trinajstić information content (AvgIpc) is 2.82.